The Kier molecular flexibility index (Phi) is 8.07. The summed E-state index contributed by atoms with van der Waals surface area (Å²) in [4.78, 5) is 53.0. The first-order chi connectivity index (χ1) is 14.2. The molecule has 1 atom stereocenters. The van der Waals surface area contributed by atoms with E-state index in [1.807, 2.05) is 6.92 Å². The third-order valence-corrected chi connectivity index (χ3v) is 5.01. The Labute approximate surface area is 173 Å². The summed E-state index contributed by atoms with van der Waals surface area (Å²) in [5.41, 5.74) is -0.826. The summed E-state index contributed by atoms with van der Waals surface area (Å²) in [6.45, 7) is 4.93. The number of amides is 1. The average molecular weight is 423 g/mol. The van der Waals surface area contributed by atoms with Gasteiger partial charge in [0.15, 0.2) is 11.2 Å². The number of hydrogen-bond donors (Lipinski definition) is 2. The maximum absolute atomic E-state index is 13.1. The van der Waals surface area contributed by atoms with Crippen molar-refractivity contribution >= 4 is 28.8 Å². The van der Waals surface area contributed by atoms with Crippen LogP contribution in [0.3, 0.4) is 0 Å². The van der Waals surface area contributed by atoms with Crippen molar-refractivity contribution in [1.82, 2.24) is 18.7 Å². The number of unbranched alkanes of at least 4 members (excludes halogenated alkanes) is 1. The van der Waals surface area contributed by atoms with Crippen LogP contribution in [0.2, 0.25) is 0 Å². The summed E-state index contributed by atoms with van der Waals surface area (Å²) < 4.78 is 9.14. The number of aryl methyl sites for hydroxylation is 1. The molecule has 0 aliphatic rings. The molecule has 0 saturated carbocycles. The van der Waals surface area contributed by atoms with Gasteiger partial charge in [0.1, 0.15) is 19.1 Å². The predicted octanol–water partition coefficient (Wildman–Crippen LogP) is 0.217. The number of carbonyl (C=O) groups is 2. The first kappa shape index (κ1) is 23.5. The molecule has 30 heavy (non-hydrogen) atoms. The number of aliphatic hydroxyl groups excluding tert-OH is 1. The van der Waals surface area contributed by atoms with Crippen molar-refractivity contribution in [3.05, 3.63) is 20.8 Å². The Morgan fingerprint density at radius 1 is 1.23 bits per heavy atom. The van der Waals surface area contributed by atoms with Crippen molar-refractivity contribution in [2.75, 3.05) is 18.5 Å². The van der Waals surface area contributed by atoms with Crippen LogP contribution in [-0.2, 0) is 34.6 Å². The van der Waals surface area contributed by atoms with Gasteiger partial charge in [-0.1, -0.05) is 13.3 Å². The van der Waals surface area contributed by atoms with Gasteiger partial charge in [-0.25, -0.2) is 4.79 Å². The molecule has 0 aliphatic heterocycles. The highest BCUT2D eigenvalue weighted by molar-refractivity contribution is 5.91. The third-order valence-electron chi connectivity index (χ3n) is 5.01. The molecule has 2 N–H and O–H groups in total. The lowest BCUT2D eigenvalue weighted by atomic mass is 10.0. The predicted molar refractivity (Wildman–Crippen MR) is 110 cm³/mol. The van der Waals surface area contributed by atoms with E-state index in [0.29, 0.717) is 25.9 Å². The smallest absolute Gasteiger partial charge is 0.332 e. The number of aromatic nitrogens is 4. The van der Waals surface area contributed by atoms with Gasteiger partial charge in [0.25, 0.3) is 11.5 Å². The Balaban J connectivity index is 2.45. The van der Waals surface area contributed by atoms with Crippen molar-refractivity contribution in [2.24, 2.45) is 13.0 Å². The van der Waals surface area contributed by atoms with Crippen molar-refractivity contribution in [3.8, 4) is 0 Å². The van der Waals surface area contributed by atoms with Gasteiger partial charge in [-0.05, 0) is 26.7 Å². The zero-order valence-electron chi connectivity index (χ0n) is 17.8. The number of rotatable bonds is 11. The van der Waals surface area contributed by atoms with Crippen molar-refractivity contribution < 1.29 is 19.4 Å². The maximum atomic E-state index is 13.1. The van der Waals surface area contributed by atoms with E-state index in [1.54, 1.807) is 13.8 Å². The van der Waals surface area contributed by atoms with Gasteiger partial charge < -0.3 is 9.84 Å². The van der Waals surface area contributed by atoms with Crippen LogP contribution in [0.4, 0.5) is 5.95 Å². The van der Waals surface area contributed by atoms with Gasteiger partial charge in [0.05, 0.1) is 0 Å². The number of Topliss-reactive ketones (excluding diaryl/α,β-unsaturated/α-hetero) is 1. The number of aliphatic hydroxyl groups is 1. The zero-order valence-corrected chi connectivity index (χ0v) is 17.8. The molecule has 1 amide bonds. The molecule has 0 bridgehead atoms. The monoisotopic (exact) mass is 423 g/mol. The number of ether oxygens (including phenoxy) is 1. The van der Waals surface area contributed by atoms with Gasteiger partial charge in [-0.2, -0.15) is 4.98 Å². The molecular formula is C19H29N5O6. The minimum atomic E-state index is -0.750. The highest BCUT2D eigenvalue weighted by atomic mass is 16.5. The second kappa shape index (κ2) is 10.3. The molecule has 0 radical (unpaired) electrons. The van der Waals surface area contributed by atoms with Crippen LogP contribution >= 0.6 is 0 Å². The quantitative estimate of drug-likeness (QED) is 0.493. The molecule has 0 saturated heterocycles. The Hall–Kier alpha value is -2.79. The molecule has 0 unspecified atom stereocenters. The topological polar surface area (TPSA) is 137 Å². The van der Waals surface area contributed by atoms with Crippen LogP contribution in [-0.4, -0.2) is 48.7 Å². The molecule has 2 heterocycles. The molecule has 0 fully saturated rings. The van der Waals surface area contributed by atoms with E-state index in [2.05, 4.69) is 10.3 Å². The van der Waals surface area contributed by atoms with Crippen LogP contribution in [0, 0.1) is 5.92 Å². The van der Waals surface area contributed by atoms with E-state index in [0.717, 1.165) is 4.57 Å². The summed E-state index contributed by atoms with van der Waals surface area (Å²) in [6, 6.07) is 0. The number of fused-ring (bicyclic) bond motifs is 1. The fraction of sp³-hybridized carbons (Fsp3) is 0.632. The summed E-state index contributed by atoms with van der Waals surface area (Å²) in [5.74, 6) is -0.634. The molecule has 0 aromatic carbocycles. The maximum Gasteiger partial charge on any atom is 0.332 e. The van der Waals surface area contributed by atoms with Gasteiger partial charge in [0.2, 0.25) is 5.95 Å². The Morgan fingerprint density at radius 3 is 2.53 bits per heavy atom. The highest BCUT2D eigenvalue weighted by Crippen LogP contribution is 2.16. The third kappa shape index (κ3) is 5.03. The van der Waals surface area contributed by atoms with Crippen LogP contribution < -0.4 is 16.6 Å². The largest absolute Gasteiger partial charge is 0.387 e. The van der Waals surface area contributed by atoms with E-state index >= 15 is 0 Å². The Morgan fingerprint density at radius 2 is 1.93 bits per heavy atom. The lowest BCUT2D eigenvalue weighted by Gasteiger charge is -2.11. The fourth-order valence-corrected chi connectivity index (χ4v) is 3.06. The summed E-state index contributed by atoms with van der Waals surface area (Å²) in [6.07, 6.45) is 1.95. The van der Waals surface area contributed by atoms with Crippen LogP contribution in [0.15, 0.2) is 9.59 Å². The molecule has 0 spiro atoms. The molecule has 2 rings (SSSR count). The molecule has 11 heteroatoms. The van der Waals surface area contributed by atoms with Crippen LogP contribution in [0.1, 0.15) is 40.0 Å². The number of carbonyl (C=O) groups excluding carboxylic acids is 2. The number of imidazole rings is 1. The molecule has 11 nitrogen and oxygen atoms in total. The standard InChI is InChI=1S/C19H29N5O6/c1-5-30-11-24-15-16(21-18(24)20-14(27)10-25)22(4)19(29)23(17(15)28)9-7-6-8-12(2)13(3)26/h12,25H,5-11H2,1-4H3,(H,20,21,27)/t12-/m1/s1. The number of nitrogens with one attached hydrogen (secondary N) is 1. The SMILES string of the molecule is CCOCn1c(NC(=O)CO)nc2c1c(=O)n(CCCC[C@@H](C)C(C)=O)c(=O)n2C. The van der Waals surface area contributed by atoms with Crippen LogP contribution in [0.5, 0.6) is 0 Å². The number of anilines is 1. The highest BCUT2D eigenvalue weighted by Gasteiger charge is 2.21. The summed E-state index contributed by atoms with van der Waals surface area (Å²) in [7, 11) is 1.49. The molecule has 0 aliphatic carbocycles. The average Bonchev–Trinajstić information content (AvgIpc) is 3.07. The normalized spacial score (nSPS) is 12.3. The number of nitrogens with zero attached hydrogens (tertiary/aromatic N) is 4. The first-order valence-electron chi connectivity index (χ1n) is 9.91. The molecule has 2 aromatic heterocycles. The lowest BCUT2D eigenvalue weighted by molar-refractivity contribution is -0.120. The van der Waals surface area contributed by atoms with Gasteiger partial charge >= 0.3 is 5.69 Å². The minimum absolute atomic E-state index is 0.0117. The first-order valence-corrected chi connectivity index (χ1v) is 9.91. The van der Waals surface area contributed by atoms with Crippen molar-refractivity contribution in [1.29, 1.82) is 0 Å². The summed E-state index contributed by atoms with van der Waals surface area (Å²) in [5, 5.41) is 11.4. The molecule has 2 aromatic rings. The van der Waals surface area contributed by atoms with E-state index in [9.17, 15) is 19.2 Å². The van der Waals surface area contributed by atoms with E-state index in [-0.39, 0.29) is 42.1 Å². The van der Waals surface area contributed by atoms with Gasteiger partial charge in [-0.15, -0.1) is 0 Å². The lowest BCUT2D eigenvalue weighted by Crippen LogP contribution is -2.39. The van der Waals surface area contributed by atoms with E-state index in [4.69, 9.17) is 9.84 Å². The number of hydrogen-bond acceptors (Lipinski definition) is 7. The van der Waals surface area contributed by atoms with E-state index in [1.165, 1.54) is 16.2 Å². The Bertz CT molecular complexity index is 1030. The summed E-state index contributed by atoms with van der Waals surface area (Å²) >= 11 is 0. The fourth-order valence-electron chi connectivity index (χ4n) is 3.06. The zero-order chi connectivity index (χ0) is 22.4. The second-order valence-corrected chi connectivity index (χ2v) is 7.17. The number of ketones is 1. The molecular weight excluding hydrogens is 394 g/mol. The minimum Gasteiger partial charge on any atom is -0.387 e. The van der Waals surface area contributed by atoms with E-state index < -0.39 is 23.8 Å². The van der Waals surface area contributed by atoms with Crippen molar-refractivity contribution in [3.63, 3.8) is 0 Å². The van der Waals surface area contributed by atoms with Crippen molar-refractivity contribution in [2.45, 2.75) is 53.3 Å². The van der Waals surface area contributed by atoms with Gasteiger partial charge in [-0.3, -0.25) is 33.4 Å². The molecule has 166 valence electrons. The second-order valence-electron chi connectivity index (χ2n) is 7.17. The van der Waals surface area contributed by atoms with Crippen LogP contribution in [0.25, 0.3) is 11.2 Å². The van der Waals surface area contributed by atoms with Gasteiger partial charge in [0, 0.05) is 26.1 Å².